The number of rotatable bonds is 4. The summed E-state index contributed by atoms with van der Waals surface area (Å²) in [4.78, 5) is 4.13. The molecule has 120 valence electrons. The zero-order valence-electron chi connectivity index (χ0n) is 11.9. The van der Waals surface area contributed by atoms with Gasteiger partial charge in [0, 0.05) is 17.3 Å². The van der Waals surface area contributed by atoms with Crippen LogP contribution < -0.4 is 10.5 Å². The number of aromatic nitrogens is 4. The van der Waals surface area contributed by atoms with Crippen molar-refractivity contribution in [2.75, 3.05) is 12.0 Å². The number of nitrogen functional groups attached to an aromatic ring is 1. The number of nitrogens with two attached hydrogens (primary N) is 1. The number of pyridine rings is 1. The van der Waals surface area contributed by atoms with Gasteiger partial charge in [-0.15, -0.1) is 5.10 Å². The van der Waals surface area contributed by atoms with E-state index in [2.05, 4.69) is 20.4 Å². The first kappa shape index (κ1) is 15.5. The Kier molecular flexibility index (Phi) is 3.82. The molecule has 3 aromatic rings. The second-order valence-electron chi connectivity index (χ2n) is 4.90. The maximum atomic E-state index is 11.6. The molecule has 0 bridgehead atoms. The smallest absolute Gasteiger partial charge is 0.207 e. The van der Waals surface area contributed by atoms with Crippen LogP contribution in [0.3, 0.4) is 0 Å². The van der Waals surface area contributed by atoms with Crippen LogP contribution in [0.25, 0.3) is 11.2 Å². The Morgan fingerprint density at radius 1 is 1.26 bits per heavy atom. The van der Waals surface area contributed by atoms with Crippen LogP contribution in [0, 0.1) is 0 Å². The van der Waals surface area contributed by atoms with Crippen molar-refractivity contribution in [3.05, 3.63) is 34.9 Å². The van der Waals surface area contributed by atoms with Crippen molar-refractivity contribution in [3.8, 4) is 5.75 Å². The molecule has 23 heavy (non-hydrogen) atoms. The van der Waals surface area contributed by atoms with E-state index >= 15 is 0 Å². The van der Waals surface area contributed by atoms with E-state index in [-0.39, 0.29) is 17.3 Å². The molecule has 0 saturated heterocycles. The fourth-order valence-corrected chi connectivity index (χ4v) is 3.04. The maximum absolute atomic E-state index is 11.6. The van der Waals surface area contributed by atoms with E-state index in [4.69, 9.17) is 22.1 Å². The number of H-pyrrole nitrogens is 1. The number of anilines is 1. The lowest BCUT2D eigenvalue weighted by molar-refractivity contribution is 0.309. The molecule has 0 unspecified atom stereocenters. The molecule has 0 atom stereocenters. The van der Waals surface area contributed by atoms with E-state index in [0.29, 0.717) is 27.5 Å². The van der Waals surface area contributed by atoms with Crippen molar-refractivity contribution in [1.29, 1.82) is 0 Å². The normalized spacial score (nSPS) is 11.7. The highest BCUT2D eigenvalue weighted by Crippen LogP contribution is 2.25. The van der Waals surface area contributed by atoms with Gasteiger partial charge in [0.2, 0.25) is 5.65 Å². The maximum Gasteiger partial charge on any atom is 0.207 e. The van der Waals surface area contributed by atoms with Gasteiger partial charge < -0.3 is 10.5 Å². The van der Waals surface area contributed by atoms with Gasteiger partial charge in [-0.25, -0.2) is 13.4 Å². The number of benzene rings is 1. The fourth-order valence-electron chi connectivity index (χ4n) is 2.02. The Morgan fingerprint density at radius 3 is 2.78 bits per heavy atom. The molecule has 3 rings (SSSR count). The summed E-state index contributed by atoms with van der Waals surface area (Å²) in [6.45, 7) is 0.0918. The fraction of sp³-hybridized carbons (Fsp3) is 0.154. The number of hydrogen-bond acceptors (Lipinski definition) is 7. The summed E-state index contributed by atoms with van der Waals surface area (Å²) >= 11 is 5.96. The quantitative estimate of drug-likeness (QED) is 0.729. The first-order chi connectivity index (χ1) is 10.8. The lowest BCUT2D eigenvalue weighted by atomic mass is 10.2. The SMILES string of the molecule is CS(=O)(=O)c1cc(Cl)cc(COc2cc(N)nc3n[nH]nc23)c1. The van der Waals surface area contributed by atoms with Crippen molar-refractivity contribution >= 4 is 38.4 Å². The Bertz CT molecular complexity index is 986. The van der Waals surface area contributed by atoms with Gasteiger partial charge in [-0.05, 0) is 23.8 Å². The minimum absolute atomic E-state index is 0.0918. The van der Waals surface area contributed by atoms with E-state index in [0.717, 1.165) is 6.26 Å². The standard InChI is InChI=1S/C13H12ClN5O3S/c1-23(20,21)9-3-7(2-8(14)4-9)6-22-10-5-11(15)16-13-12(10)17-19-18-13/h2-5H,6H2,1H3,(H3,15,16,17,18,19). The highest BCUT2D eigenvalue weighted by molar-refractivity contribution is 7.90. The summed E-state index contributed by atoms with van der Waals surface area (Å²) in [6.07, 6.45) is 1.12. The Balaban J connectivity index is 1.91. The molecule has 3 N–H and O–H groups in total. The third kappa shape index (κ3) is 3.35. The Hall–Kier alpha value is -2.39. The first-order valence-electron chi connectivity index (χ1n) is 6.42. The minimum Gasteiger partial charge on any atom is -0.486 e. The van der Waals surface area contributed by atoms with Crippen LogP contribution >= 0.6 is 11.6 Å². The Labute approximate surface area is 136 Å². The van der Waals surface area contributed by atoms with Crippen molar-refractivity contribution in [3.63, 3.8) is 0 Å². The van der Waals surface area contributed by atoms with Crippen LogP contribution in [-0.2, 0) is 16.4 Å². The van der Waals surface area contributed by atoms with Gasteiger partial charge in [0.05, 0.1) is 4.90 Å². The van der Waals surface area contributed by atoms with Crippen LogP contribution in [0.1, 0.15) is 5.56 Å². The number of sulfone groups is 1. The molecular formula is C13H12ClN5O3S. The van der Waals surface area contributed by atoms with Crippen molar-refractivity contribution in [2.24, 2.45) is 0 Å². The molecule has 0 fully saturated rings. The third-order valence-electron chi connectivity index (χ3n) is 3.03. The average molecular weight is 354 g/mol. The van der Waals surface area contributed by atoms with E-state index < -0.39 is 9.84 Å². The Morgan fingerprint density at radius 2 is 2.04 bits per heavy atom. The number of ether oxygens (including phenoxy) is 1. The molecule has 0 spiro atoms. The number of halogens is 1. The average Bonchev–Trinajstić information content (AvgIpc) is 2.91. The second-order valence-corrected chi connectivity index (χ2v) is 7.35. The van der Waals surface area contributed by atoms with Crippen LogP contribution in [0.5, 0.6) is 5.75 Å². The monoisotopic (exact) mass is 353 g/mol. The highest BCUT2D eigenvalue weighted by atomic mass is 35.5. The van der Waals surface area contributed by atoms with E-state index in [9.17, 15) is 8.42 Å². The third-order valence-corrected chi connectivity index (χ3v) is 4.34. The van der Waals surface area contributed by atoms with Crippen LogP contribution in [-0.4, -0.2) is 35.1 Å². The van der Waals surface area contributed by atoms with Gasteiger partial charge in [0.25, 0.3) is 0 Å². The highest BCUT2D eigenvalue weighted by Gasteiger charge is 2.12. The topological polar surface area (TPSA) is 124 Å². The predicted octanol–water partition coefficient (Wildman–Crippen LogP) is 1.57. The zero-order valence-corrected chi connectivity index (χ0v) is 13.5. The van der Waals surface area contributed by atoms with Crippen molar-refractivity contribution < 1.29 is 13.2 Å². The van der Waals surface area contributed by atoms with Crippen molar-refractivity contribution in [1.82, 2.24) is 20.4 Å². The lowest BCUT2D eigenvalue weighted by Crippen LogP contribution is -2.02. The van der Waals surface area contributed by atoms with Crippen LogP contribution in [0.2, 0.25) is 5.02 Å². The van der Waals surface area contributed by atoms with Gasteiger partial charge in [0.15, 0.2) is 21.1 Å². The minimum atomic E-state index is -3.36. The van der Waals surface area contributed by atoms with Gasteiger partial charge in [-0.3, -0.25) is 0 Å². The summed E-state index contributed by atoms with van der Waals surface area (Å²) in [7, 11) is -3.36. The molecule has 0 aliphatic carbocycles. The molecule has 0 amide bonds. The first-order valence-corrected chi connectivity index (χ1v) is 8.69. The molecular weight excluding hydrogens is 342 g/mol. The van der Waals surface area contributed by atoms with Gasteiger partial charge in [-0.2, -0.15) is 10.3 Å². The molecule has 1 aromatic carbocycles. The molecule has 8 nitrogen and oxygen atoms in total. The molecule has 0 radical (unpaired) electrons. The number of nitrogens with zero attached hydrogens (tertiary/aromatic N) is 3. The molecule has 0 aliphatic rings. The van der Waals surface area contributed by atoms with Gasteiger partial charge in [-0.1, -0.05) is 11.6 Å². The lowest BCUT2D eigenvalue weighted by Gasteiger charge is -2.09. The second kappa shape index (κ2) is 5.67. The summed E-state index contributed by atoms with van der Waals surface area (Å²) in [5.41, 5.74) is 7.06. The van der Waals surface area contributed by atoms with Crippen LogP contribution in [0.4, 0.5) is 5.82 Å². The van der Waals surface area contributed by atoms with Gasteiger partial charge >= 0.3 is 0 Å². The summed E-state index contributed by atoms with van der Waals surface area (Å²) in [6, 6.07) is 6.04. The molecule has 2 heterocycles. The number of fused-ring (bicyclic) bond motifs is 1. The molecule has 2 aromatic heterocycles. The number of hydrogen-bond donors (Lipinski definition) is 2. The predicted molar refractivity (Wildman–Crippen MR) is 85.0 cm³/mol. The summed E-state index contributed by atoms with van der Waals surface area (Å²) in [5.74, 6) is 0.631. The van der Waals surface area contributed by atoms with Crippen molar-refractivity contribution in [2.45, 2.75) is 11.5 Å². The van der Waals surface area contributed by atoms with E-state index in [1.807, 2.05) is 0 Å². The number of nitrogens with one attached hydrogen (secondary N) is 1. The number of aromatic amines is 1. The van der Waals surface area contributed by atoms with Gasteiger partial charge in [0.1, 0.15) is 12.4 Å². The van der Waals surface area contributed by atoms with E-state index in [1.54, 1.807) is 6.07 Å². The van der Waals surface area contributed by atoms with E-state index in [1.165, 1.54) is 18.2 Å². The molecule has 10 heteroatoms. The molecule has 0 aliphatic heterocycles. The summed E-state index contributed by atoms with van der Waals surface area (Å²) < 4.78 is 29.0. The largest absolute Gasteiger partial charge is 0.486 e. The molecule has 0 saturated carbocycles. The zero-order chi connectivity index (χ0) is 16.6. The summed E-state index contributed by atoms with van der Waals surface area (Å²) in [5, 5.41) is 10.5. The van der Waals surface area contributed by atoms with Crippen LogP contribution in [0.15, 0.2) is 29.2 Å².